The van der Waals surface area contributed by atoms with Gasteiger partial charge in [-0.1, -0.05) is 11.6 Å². The van der Waals surface area contributed by atoms with E-state index in [4.69, 9.17) is 9.47 Å². The Morgan fingerprint density at radius 3 is 2.56 bits per heavy atom. The minimum absolute atomic E-state index is 0.0167. The van der Waals surface area contributed by atoms with Crippen LogP contribution in [-0.2, 0) is 6.42 Å². The van der Waals surface area contributed by atoms with Crippen molar-refractivity contribution in [3.63, 3.8) is 0 Å². The molecule has 0 aliphatic carbocycles. The first-order chi connectivity index (χ1) is 15.0. The molecule has 170 valence electrons. The molecule has 0 fully saturated rings. The highest BCUT2D eigenvalue weighted by Crippen LogP contribution is 2.46. The van der Waals surface area contributed by atoms with Gasteiger partial charge in [-0.25, -0.2) is 0 Å². The van der Waals surface area contributed by atoms with E-state index in [0.29, 0.717) is 23.3 Å². The van der Waals surface area contributed by atoms with Crippen LogP contribution in [0.4, 0.5) is 0 Å². The summed E-state index contributed by atoms with van der Waals surface area (Å²) < 4.78 is 12.1. The number of phenols is 2. The molecular formula is C25H28O7. The predicted octanol–water partition coefficient (Wildman–Crippen LogP) is 3.88. The molecule has 0 spiro atoms. The predicted molar refractivity (Wildman–Crippen MR) is 117 cm³/mol. The number of hydrogen-bond donors (Lipinski definition) is 4. The number of rotatable bonds is 3. The molecule has 0 radical (unpaired) electrons. The summed E-state index contributed by atoms with van der Waals surface area (Å²) in [5.41, 5.74) is 2.06. The molecule has 7 heteroatoms. The maximum atomic E-state index is 12.7. The first-order valence-electron chi connectivity index (χ1n) is 10.6. The van der Waals surface area contributed by atoms with Gasteiger partial charge in [0.25, 0.3) is 0 Å². The van der Waals surface area contributed by atoms with Gasteiger partial charge < -0.3 is 29.9 Å². The van der Waals surface area contributed by atoms with Crippen molar-refractivity contribution in [2.45, 2.75) is 64.4 Å². The first-order valence-corrected chi connectivity index (χ1v) is 10.6. The second-order valence-corrected chi connectivity index (χ2v) is 9.25. The molecule has 0 amide bonds. The van der Waals surface area contributed by atoms with Gasteiger partial charge in [0.1, 0.15) is 52.5 Å². The normalized spacial score (nSPS) is 23.4. The zero-order valence-electron chi connectivity index (χ0n) is 18.5. The SMILES string of the molecule is CC(C)=CCc1cc([C@@H]2CC(=O)c3c(O)cc(O)cc3O2)cc2c1OC(C)(C)[C@@H](O)[C@H]2O. The topological polar surface area (TPSA) is 116 Å². The van der Waals surface area contributed by atoms with Gasteiger partial charge in [0.15, 0.2) is 5.78 Å². The largest absolute Gasteiger partial charge is 0.508 e. The molecule has 32 heavy (non-hydrogen) atoms. The van der Waals surface area contributed by atoms with E-state index in [2.05, 4.69) is 0 Å². The highest BCUT2D eigenvalue weighted by atomic mass is 16.5. The number of hydrogen-bond acceptors (Lipinski definition) is 7. The smallest absolute Gasteiger partial charge is 0.174 e. The second kappa shape index (κ2) is 7.83. The van der Waals surface area contributed by atoms with Crippen molar-refractivity contribution in [1.29, 1.82) is 0 Å². The monoisotopic (exact) mass is 440 g/mol. The molecule has 2 aromatic rings. The minimum atomic E-state index is -1.17. The molecule has 4 N–H and O–H groups in total. The minimum Gasteiger partial charge on any atom is -0.508 e. The Morgan fingerprint density at radius 2 is 1.88 bits per heavy atom. The van der Waals surface area contributed by atoms with Gasteiger partial charge >= 0.3 is 0 Å². The van der Waals surface area contributed by atoms with Gasteiger partial charge in [0.05, 0.1) is 6.42 Å². The van der Waals surface area contributed by atoms with Crippen molar-refractivity contribution in [1.82, 2.24) is 0 Å². The van der Waals surface area contributed by atoms with E-state index >= 15 is 0 Å². The quantitative estimate of drug-likeness (QED) is 0.535. The van der Waals surface area contributed by atoms with E-state index in [-0.39, 0.29) is 35.0 Å². The van der Waals surface area contributed by atoms with Crippen molar-refractivity contribution >= 4 is 5.78 Å². The van der Waals surface area contributed by atoms with Gasteiger partial charge in [-0.15, -0.1) is 0 Å². The maximum absolute atomic E-state index is 12.7. The average molecular weight is 440 g/mol. The van der Waals surface area contributed by atoms with E-state index in [1.807, 2.05) is 26.0 Å². The van der Waals surface area contributed by atoms with Crippen molar-refractivity contribution in [2.24, 2.45) is 0 Å². The number of aromatic hydroxyl groups is 2. The molecule has 2 heterocycles. The summed E-state index contributed by atoms with van der Waals surface area (Å²) in [6, 6.07) is 5.97. The number of aliphatic hydroxyl groups is 2. The summed E-state index contributed by atoms with van der Waals surface area (Å²) in [7, 11) is 0. The van der Waals surface area contributed by atoms with Gasteiger partial charge in [0, 0.05) is 17.7 Å². The average Bonchev–Trinajstić information content (AvgIpc) is 2.69. The summed E-state index contributed by atoms with van der Waals surface area (Å²) in [5, 5.41) is 41.3. The van der Waals surface area contributed by atoms with Crippen LogP contribution < -0.4 is 9.47 Å². The maximum Gasteiger partial charge on any atom is 0.174 e. The highest BCUT2D eigenvalue weighted by molar-refractivity contribution is 6.02. The van der Waals surface area contributed by atoms with Crippen LogP contribution >= 0.6 is 0 Å². The van der Waals surface area contributed by atoms with Gasteiger partial charge in [0.2, 0.25) is 0 Å². The van der Waals surface area contributed by atoms with Gasteiger partial charge in [-0.05, 0) is 57.4 Å². The lowest BCUT2D eigenvalue weighted by molar-refractivity contribution is -0.112. The van der Waals surface area contributed by atoms with E-state index in [1.54, 1.807) is 19.9 Å². The number of allylic oxidation sites excluding steroid dienone is 2. The molecule has 0 saturated heterocycles. The molecule has 4 rings (SSSR count). The number of carbonyl (C=O) groups excluding carboxylic acids is 1. The van der Waals surface area contributed by atoms with Crippen LogP contribution in [0.3, 0.4) is 0 Å². The van der Waals surface area contributed by atoms with Crippen LogP contribution in [0.25, 0.3) is 0 Å². The van der Waals surface area contributed by atoms with Crippen LogP contribution in [0.2, 0.25) is 0 Å². The number of aliphatic hydroxyl groups excluding tert-OH is 2. The van der Waals surface area contributed by atoms with Crippen LogP contribution in [0.5, 0.6) is 23.0 Å². The number of ketones is 1. The fraction of sp³-hybridized carbons (Fsp3) is 0.400. The third-order valence-corrected chi connectivity index (χ3v) is 6.00. The molecule has 0 bridgehead atoms. The van der Waals surface area contributed by atoms with E-state index in [9.17, 15) is 25.2 Å². The lowest BCUT2D eigenvalue weighted by Crippen LogP contribution is -2.49. The summed E-state index contributed by atoms with van der Waals surface area (Å²) in [4.78, 5) is 12.7. The van der Waals surface area contributed by atoms with Crippen molar-refractivity contribution in [3.8, 4) is 23.0 Å². The number of carbonyl (C=O) groups is 1. The number of benzene rings is 2. The molecule has 3 atom stereocenters. The Hall–Kier alpha value is -3.03. The van der Waals surface area contributed by atoms with Crippen molar-refractivity contribution in [3.05, 3.63) is 58.2 Å². The van der Waals surface area contributed by atoms with E-state index in [1.165, 1.54) is 6.07 Å². The molecular weight excluding hydrogens is 412 g/mol. The number of fused-ring (bicyclic) bond motifs is 2. The zero-order chi connectivity index (χ0) is 23.4. The molecule has 2 aliphatic rings. The Balaban J connectivity index is 1.81. The third kappa shape index (κ3) is 3.82. The van der Waals surface area contributed by atoms with Crippen molar-refractivity contribution < 1.29 is 34.7 Å². The molecule has 0 aromatic heterocycles. The lowest BCUT2D eigenvalue weighted by Gasteiger charge is -2.41. The highest BCUT2D eigenvalue weighted by Gasteiger charge is 2.43. The number of phenolic OH excluding ortho intramolecular Hbond substituents is 2. The van der Waals surface area contributed by atoms with Crippen LogP contribution in [0.15, 0.2) is 35.9 Å². The zero-order valence-corrected chi connectivity index (χ0v) is 18.5. The van der Waals surface area contributed by atoms with E-state index in [0.717, 1.165) is 17.2 Å². The van der Waals surface area contributed by atoms with Gasteiger partial charge in [-0.3, -0.25) is 4.79 Å². The Kier molecular flexibility index (Phi) is 5.43. The first kappa shape index (κ1) is 22.2. The molecule has 2 aromatic carbocycles. The molecule has 7 nitrogen and oxygen atoms in total. The number of ether oxygens (including phenoxy) is 2. The fourth-order valence-electron chi connectivity index (χ4n) is 4.22. The lowest BCUT2D eigenvalue weighted by atomic mass is 9.84. The third-order valence-electron chi connectivity index (χ3n) is 6.00. The standard InChI is InChI=1S/C25H28O7/c1-12(2)5-6-13-7-14(8-16-22(29)24(30)25(3,4)32-23(13)16)19-11-18(28)21-17(27)9-15(26)10-20(21)31-19/h5,7-10,19,22,24,26-27,29-30H,6,11H2,1-4H3/t19-,22-,24-/m0/s1. The van der Waals surface area contributed by atoms with Crippen LogP contribution in [-0.4, -0.2) is 37.9 Å². The molecule has 0 unspecified atom stereocenters. The Labute approximate surface area is 186 Å². The summed E-state index contributed by atoms with van der Waals surface area (Å²) >= 11 is 0. The molecule has 2 aliphatic heterocycles. The Morgan fingerprint density at radius 1 is 1.16 bits per heavy atom. The van der Waals surface area contributed by atoms with E-state index < -0.39 is 23.9 Å². The van der Waals surface area contributed by atoms with Crippen molar-refractivity contribution in [2.75, 3.05) is 0 Å². The summed E-state index contributed by atoms with van der Waals surface area (Å²) in [6.07, 6.45) is -0.436. The second-order valence-electron chi connectivity index (χ2n) is 9.25. The van der Waals surface area contributed by atoms with Gasteiger partial charge in [-0.2, -0.15) is 0 Å². The summed E-state index contributed by atoms with van der Waals surface area (Å²) in [6.45, 7) is 7.42. The Bertz CT molecular complexity index is 1110. The molecule has 0 saturated carbocycles. The van der Waals surface area contributed by atoms with Crippen LogP contribution in [0.1, 0.15) is 73.4 Å². The van der Waals surface area contributed by atoms with Crippen LogP contribution in [0, 0.1) is 0 Å². The fourth-order valence-corrected chi connectivity index (χ4v) is 4.22. The number of Topliss-reactive ketones (excluding diaryl/α,β-unsaturated/α-hetero) is 1. The summed E-state index contributed by atoms with van der Waals surface area (Å²) in [5.74, 6) is -0.224.